The van der Waals surface area contributed by atoms with Crippen LogP contribution in [0.15, 0.2) is 53.5 Å². The molecule has 1 aliphatic carbocycles. The molecule has 1 fully saturated rings. The van der Waals surface area contributed by atoms with Gasteiger partial charge in [-0.15, -0.1) is 0 Å². The molecule has 0 aromatic heterocycles. The fourth-order valence-electron chi connectivity index (χ4n) is 3.64. The average Bonchev–Trinajstić information content (AvgIpc) is 3.46. The standard InChI is InChI=1S/C21H24FN3O/c1-23-20(25-18-9-12-26-19-8-3-2-7-17(18)19)24-14-21(10-11-21)15-5-4-6-16(22)13-15/h2-8,13,18H,9-12,14H2,1H3,(H2,23,24,25). The van der Waals surface area contributed by atoms with Crippen LogP contribution in [-0.2, 0) is 5.41 Å². The zero-order valence-electron chi connectivity index (χ0n) is 15.0. The maximum Gasteiger partial charge on any atom is 0.191 e. The lowest BCUT2D eigenvalue weighted by Gasteiger charge is -2.28. The maximum absolute atomic E-state index is 13.6. The second kappa shape index (κ2) is 6.98. The smallest absolute Gasteiger partial charge is 0.191 e. The minimum atomic E-state index is -0.171. The Morgan fingerprint density at radius 1 is 1.23 bits per heavy atom. The van der Waals surface area contributed by atoms with E-state index in [1.54, 1.807) is 19.2 Å². The van der Waals surface area contributed by atoms with Crippen molar-refractivity contribution in [1.29, 1.82) is 0 Å². The predicted molar refractivity (Wildman–Crippen MR) is 101 cm³/mol. The van der Waals surface area contributed by atoms with Crippen molar-refractivity contribution in [3.63, 3.8) is 0 Å². The Morgan fingerprint density at radius 3 is 2.85 bits per heavy atom. The SMILES string of the molecule is CN=C(NCC1(c2cccc(F)c2)CC1)NC1CCOc2ccccc21. The third-order valence-electron chi connectivity index (χ3n) is 5.38. The van der Waals surface area contributed by atoms with Gasteiger partial charge in [-0.05, 0) is 36.6 Å². The van der Waals surface area contributed by atoms with Gasteiger partial charge in [0.15, 0.2) is 5.96 Å². The fraction of sp³-hybridized carbons (Fsp3) is 0.381. The molecular formula is C21H24FN3O. The quantitative estimate of drug-likeness (QED) is 0.653. The zero-order valence-corrected chi connectivity index (χ0v) is 15.0. The van der Waals surface area contributed by atoms with Gasteiger partial charge >= 0.3 is 0 Å². The number of halogens is 1. The summed E-state index contributed by atoms with van der Waals surface area (Å²) in [7, 11) is 1.78. The highest BCUT2D eigenvalue weighted by atomic mass is 19.1. The second-order valence-corrected chi connectivity index (χ2v) is 7.09. The number of ether oxygens (including phenoxy) is 1. The van der Waals surface area contributed by atoms with Crippen molar-refractivity contribution in [3.8, 4) is 5.75 Å². The van der Waals surface area contributed by atoms with Gasteiger partial charge in [-0.2, -0.15) is 0 Å². The Morgan fingerprint density at radius 2 is 2.08 bits per heavy atom. The van der Waals surface area contributed by atoms with Crippen LogP contribution in [-0.4, -0.2) is 26.2 Å². The number of nitrogens with zero attached hydrogens (tertiary/aromatic N) is 1. The number of benzene rings is 2. The molecule has 5 heteroatoms. The van der Waals surface area contributed by atoms with E-state index in [1.165, 1.54) is 6.07 Å². The number of guanidine groups is 1. The molecule has 0 radical (unpaired) electrons. The van der Waals surface area contributed by atoms with Crippen molar-refractivity contribution in [2.75, 3.05) is 20.2 Å². The summed E-state index contributed by atoms with van der Waals surface area (Å²) >= 11 is 0. The van der Waals surface area contributed by atoms with Gasteiger partial charge in [0.1, 0.15) is 11.6 Å². The Labute approximate surface area is 153 Å². The minimum Gasteiger partial charge on any atom is -0.493 e. The topological polar surface area (TPSA) is 45.7 Å². The highest BCUT2D eigenvalue weighted by molar-refractivity contribution is 5.80. The molecule has 136 valence electrons. The summed E-state index contributed by atoms with van der Waals surface area (Å²) in [5, 5.41) is 6.95. The third kappa shape index (κ3) is 3.39. The lowest BCUT2D eigenvalue weighted by atomic mass is 9.96. The van der Waals surface area contributed by atoms with Crippen molar-refractivity contribution in [2.24, 2.45) is 4.99 Å². The van der Waals surface area contributed by atoms with Gasteiger partial charge in [0, 0.05) is 31.0 Å². The lowest BCUT2D eigenvalue weighted by molar-refractivity contribution is 0.261. The van der Waals surface area contributed by atoms with E-state index in [0.29, 0.717) is 6.61 Å². The molecule has 4 nitrogen and oxygen atoms in total. The Kier molecular flexibility index (Phi) is 4.53. The number of para-hydroxylation sites is 1. The average molecular weight is 353 g/mol. The van der Waals surface area contributed by atoms with E-state index in [2.05, 4.69) is 21.7 Å². The molecule has 1 saturated carbocycles. The number of fused-ring (bicyclic) bond motifs is 1. The Hall–Kier alpha value is -2.56. The summed E-state index contributed by atoms with van der Waals surface area (Å²) in [6.45, 7) is 1.44. The van der Waals surface area contributed by atoms with Gasteiger partial charge in [0.25, 0.3) is 0 Å². The molecule has 2 aromatic carbocycles. The van der Waals surface area contributed by atoms with E-state index < -0.39 is 0 Å². The monoisotopic (exact) mass is 353 g/mol. The first-order valence-electron chi connectivity index (χ1n) is 9.15. The number of rotatable bonds is 4. The molecule has 2 aromatic rings. The number of hydrogen-bond donors (Lipinski definition) is 2. The number of nitrogens with one attached hydrogen (secondary N) is 2. The summed E-state index contributed by atoms with van der Waals surface area (Å²) in [6.07, 6.45) is 3.04. The molecule has 0 bridgehead atoms. The van der Waals surface area contributed by atoms with Gasteiger partial charge in [-0.3, -0.25) is 4.99 Å². The summed E-state index contributed by atoms with van der Waals surface area (Å²) in [6, 6.07) is 15.2. The molecule has 4 rings (SSSR count). The van der Waals surface area contributed by atoms with Crippen LogP contribution >= 0.6 is 0 Å². The van der Waals surface area contributed by atoms with Gasteiger partial charge in [-0.25, -0.2) is 4.39 Å². The van der Waals surface area contributed by atoms with Gasteiger partial charge in [-0.1, -0.05) is 30.3 Å². The summed E-state index contributed by atoms with van der Waals surface area (Å²) in [4.78, 5) is 4.38. The molecule has 0 spiro atoms. The molecule has 26 heavy (non-hydrogen) atoms. The van der Waals surface area contributed by atoms with Crippen LogP contribution in [0.25, 0.3) is 0 Å². The van der Waals surface area contributed by atoms with Crippen molar-refractivity contribution in [1.82, 2.24) is 10.6 Å². The van der Waals surface area contributed by atoms with E-state index in [9.17, 15) is 4.39 Å². The first kappa shape index (κ1) is 16.9. The van der Waals surface area contributed by atoms with E-state index >= 15 is 0 Å². The van der Waals surface area contributed by atoms with Gasteiger partial charge in [0.05, 0.1) is 12.6 Å². The van der Waals surface area contributed by atoms with Crippen LogP contribution in [0.3, 0.4) is 0 Å². The predicted octanol–water partition coefficient (Wildman–Crippen LogP) is 3.55. The van der Waals surface area contributed by atoms with E-state index in [-0.39, 0.29) is 17.3 Å². The minimum absolute atomic E-state index is 0.0211. The molecular weight excluding hydrogens is 329 g/mol. The molecule has 2 aliphatic rings. The normalized spacial score (nSPS) is 20.7. The second-order valence-electron chi connectivity index (χ2n) is 7.09. The van der Waals surface area contributed by atoms with Gasteiger partial charge < -0.3 is 15.4 Å². The molecule has 0 amide bonds. The van der Waals surface area contributed by atoms with Crippen molar-refractivity contribution in [3.05, 3.63) is 65.5 Å². The van der Waals surface area contributed by atoms with Crippen LogP contribution in [0.4, 0.5) is 4.39 Å². The third-order valence-corrected chi connectivity index (χ3v) is 5.38. The van der Waals surface area contributed by atoms with E-state index in [0.717, 1.165) is 48.6 Å². The number of aliphatic imine (C=N–C) groups is 1. The Bertz CT molecular complexity index is 816. The van der Waals surface area contributed by atoms with Gasteiger partial charge in [0.2, 0.25) is 0 Å². The molecule has 1 atom stereocenters. The molecule has 1 heterocycles. The zero-order chi connectivity index (χ0) is 18.0. The van der Waals surface area contributed by atoms with Crippen molar-refractivity contribution < 1.29 is 9.13 Å². The summed E-state index contributed by atoms with van der Waals surface area (Å²) in [5.74, 6) is 1.54. The lowest BCUT2D eigenvalue weighted by Crippen LogP contribution is -2.43. The van der Waals surface area contributed by atoms with Crippen LogP contribution in [0.1, 0.15) is 36.4 Å². The van der Waals surface area contributed by atoms with Crippen molar-refractivity contribution in [2.45, 2.75) is 30.7 Å². The first-order chi connectivity index (χ1) is 12.7. The highest BCUT2D eigenvalue weighted by Crippen LogP contribution is 2.47. The number of hydrogen-bond acceptors (Lipinski definition) is 2. The fourth-order valence-corrected chi connectivity index (χ4v) is 3.64. The van der Waals surface area contributed by atoms with Crippen molar-refractivity contribution >= 4 is 5.96 Å². The summed E-state index contributed by atoms with van der Waals surface area (Å²) in [5.41, 5.74) is 2.25. The first-order valence-corrected chi connectivity index (χ1v) is 9.15. The molecule has 1 unspecified atom stereocenters. The van der Waals surface area contributed by atoms with Crippen LogP contribution < -0.4 is 15.4 Å². The van der Waals surface area contributed by atoms with Crippen LogP contribution in [0, 0.1) is 5.82 Å². The largest absolute Gasteiger partial charge is 0.493 e. The molecule has 2 N–H and O–H groups in total. The molecule has 1 aliphatic heterocycles. The maximum atomic E-state index is 13.6. The highest BCUT2D eigenvalue weighted by Gasteiger charge is 2.44. The van der Waals surface area contributed by atoms with E-state index in [4.69, 9.17) is 4.74 Å². The molecule has 0 saturated heterocycles. The van der Waals surface area contributed by atoms with Crippen LogP contribution in [0.5, 0.6) is 5.75 Å². The van der Waals surface area contributed by atoms with Crippen LogP contribution in [0.2, 0.25) is 0 Å². The Balaban J connectivity index is 1.42. The van der Waals surface area contributed by atoms with E-state index in [1.807, 2.05) is 24.3 Å². The summed E-state index contributed by atoms with van der Waals surface area (Å²) < 4.78 is 19.3.